The van der Waals surface area contributed by atoms with Gasteiger partial charge in [0.15, 0.2) is 5.60 Å². The van der Waals surface area contributed by atoms with E-state index in [0.717, 1.165) is 6.42 Å². The number of nitrogens with one attached hydrogen (secondary N) is 1. The fourth-order valence-electron chi connectivity index (χ4n) is 2.16. The molecule has 1 aliphatic heterocycles. The van der Waals surface area contributed by atoms with Gasteiger partial charge in [-0.1, -0.05) is 6.08 Å². The molecule has 4 nitrogen and oxygen atoms in total. The number of hydrogen-bond donors (Lipinski definition) is 1. The van der Waals surface area contributed by atoms with E-state index >= 15 is 0 Å². The van der Waals surface area contributed by atoms with Crippen molar-refractivity contribution < 1.29 is 14.3 Å². The van der Waals surface area contributed by atoms with Gasteiger partial charge >= 0.3 is 0 Å². The number of ether oxygens (including phenoxy) is 1. The van der Waals surface area contributed by atoms with Gasteiger partial charge in [-0.05, 0) is 25.8 Å². The third kappa shape index (κ3) is 1.10. The summed E-state index contributed by atoms with van der Waals surface area (Å²) in [6, 6.07) is 0. The molecule has 4 heteroatoms. The molecular weight excluding hydrogens is 182 g/mol. The molecule has 0 aromatic rings. The number of carbonyl (C=O) groups is 2. The highest BCUT2D eigenvalue weighted by Crippen LogP contribution is 2.36. The normalized spacial score (nSPS) is 35.6. The topological polar surface area (TPSA) is 55.4 Å². The van der Waals surface area contributed by atoms with Crippen molar-refractivity contribution in [3.8, 4) is 0 Å². The van der Waals surface area contributed by atoms with Crippen molar-refractivity contribution >= 4 is 11.8 Å². The van der Waals surface area contributed by atoms with Gasteiger partial charge in [-0.2, -0.15) is 0 Å². The number of fused-ring (bicyclic) bond motifs is 1. The summed E-state index contributed by atoms with van der Waals surface area (Å²) in [6.07, 6.45) is 5.16. The van der Waals surface area contributed by atoms with Crippen LogP contribution in [0.25, 0.3) is 0 Å². The molecule has 0 spiro atoms. The lowest BCUT2D eigenvalue weighted by Gasteiger charge is -2.30. The average Bonchev–Trinajstić information content (AvgIpc) is 2.41. The summed E-state index contributed by atoms with van der Waals surface area (Å²) >= 11 is 0. The Morgan fingerprint density at radius 3 is 3.14 bits per heavy atom. The van der Waals surface area contributed by atoms with Crippen LogP contribution in [0.4, 0.5) is 0 Å². The van der Waals surface area contributed by atoms with E-state index in [2.05, 4.69) is 5.32 Å². The molecule has 76 valence electrons. The highest BCUT2D eigenvalue weighted by molar-refractivity contribution is 6.10. The van der Waals surface area contributed by atoms with Crippen molar-refractivity contribution in [3.63, 3.8) is 0 Å². The third-order valence-electron chi connectivity index (χ3n) is 2.80. The van der Waals surface area contributed by atoms with E-state index in [1.807, 2.05) is 13.0 Å². The van der Waals surface area contributed by atoms with Gasteiger partial charge < -0.3 is 4.74 Å². The van der Waals surface area contributed by atoms with Crippen molar-refractivity contribution in [2.24, 2.45) is 5.92 Å². The number of imide groups is 1. The number of allylic oxidation sites excluding steroid dienone is 1. The second-order valence-corrected chi connectivity index (χ2v) is 3.58. The van der Waals surface area contributed by atoms with E-state index in [9.17, 15) is 9.59 Å². The molecule has 1 saturated heterocycles. The van der Waals surface area contributed by atoms with Crippen molar-refractivity contribution in [2.75, 3.05) is 6.61 Å². The minimum Gasteiger partial charge on any atom is -0.360 e. The SMILES string of the molecule is CCOC12C=CCCC1C(=O)NC2=O. The van der Waals surface area contributed by atoms with E-state index in [1.165, 1.54) is 0 Å². The Hall–Kier alpha value is -1.16. The van der Waals surface area contributed by atoms with Gasteiger partial charge in [-0.3, -0.25) is 14.9 Å². The van der Waals surface area contributed by atoms with Crippen LogP contribution in [0.5, 0.6) is 0 Å². The zero-order valence-corrected chi connectivity index (χ0v) is 8.08. The maximum absolute atomic E-state index is 11.6. The van der Waals surface area contributed by atoms with Crippen LogP contribution in [-0.2, 0) is 14.3 Å². The Bertz CT molecular complexity index is 310. The molecule has 14 heavy (non-hydrogen) atoms. The molecule has 1 fully saturated rings. The van der Waals surface area contributed by atoms with Crippen LogP contribution in [0, 0.1) is 5.92 Å². The van der Waals surface area contributed by atoms with Gasteiger partial charge in [0, 0.05) is 6.61 Å². The largest absolute Gasteiger partial charge is 0.360 e. The predicted octanol–water partition coefficient (Wildman–Crippen LogP) is 0.384. The van der Waals surface area contributed by atoms with Crippen molar-refractivity contribution in [2.45, 2.75) is 25.4 Å². The highest BCUT2D eigenvalue weighted by Gasteiger charge is 2.55. The molecule has 2 amide bonds. The summed E-state index contributed by atoms with van der Waals surface area (Å²) in [6.45, 7) is 2.26. The van der Waals surface area contributed by atoms with E-state index in [0.29, 0.717) is 13.0 Å². The molecule has 1 heterocycles. The lowest BCUT2D eigenvalue weighted by Crippen LogP contribution is -2.44. The molecular formula is C10H13NO3. The summed E-state index contributed by atoms with van der Waals surface area (Å²) in [5.74, 6) is -0.849. The van der Waals surface area contributed by atoms with Crippen LogP contribution in [0.15, 0.2) is 12.2 Å². The number of carbonyl (C=O) groups excluding carboxylic acids is 2. The highest BCUT2D eigenvalue weighted by atomic mass is 16.5. The van der Waals surface area contributed by atoms with Gasteiger partial charge in [-0.25, -0.2) is 0 Å². The second kappa shape index (κ2) is 3.20. The molecule has 1 N–H and O–H groups in total. The number of rotatable bonds is 2. The molecule has 2 aliphatic rings. The molecule has 0 saturated carbocycles. The van der Waals surface area contributed by atoms with Gasteiger partial charge in [0.25, 0.3) is 5.91 Å². The van der Waals surface area contributed by atoms with Gasteiger partial charge in [0.1, 0.15) is 0 Å². The second-order valence-electron chi connectivity index (χ2n) is 3.58. The summed E-state index contributed by atoms with van der Waals surface area (Å²) < 4.78 is 5.46. The first kappa shape index (κ1) is 9.40. The molecule has 0 radical (unpaired) electrons. The zero-order chi connectivity index (χ0) is 10.2. The van der Waals surface area contributed by atoms with Gasteiger partial charge in [0.2, 0.25) is 5.91 Å². The van der Waals surface area contributed by atoms with Crippen molar-refractivity contribution in [3.05, 3.63) is 12.2 Å². The quantitative estimate of drug-likeness (QED) is 0.512. The van der Waals surface area contributed by atoms with E-state index in [-0.39, 0.29) is 17.7 Å². The number of amides is 2. The average molecular weight is 195 g/mol. The first-order valence-corrected chi connectivity index (χ1v) is 4.87. The predicted molar refractivity (Wildman–Crippen MR) is 49.4 cm³/mol. The van der Waals surface area contributed by atoms with E-state index in [4.69, 9.17) is 4.74 Å². The lowest BCUT2D eigenvalue weighted by atomic mass is 9.81. The summed E-state index contributed by atoms with van der Waals surface area (Å²) in [4.78, 5) is 23.1. The van der Waals surface area contributed by atoms with E-state index in [1.54, 1.807) is 6.08 Å². The number of hydrogen-bond acceptors (Lipinski definition) is 3. The summed E-state index contributed by atoms with van der Waals surface area (Å²) in [5.41, 5.74) is -1.01. The van der Waals surface area contributed by atoms with Crippen LogP contribution in [0.2, 0.25) is 0 Å². The monoisotopic (exact) mass is 195 g/mol. The van der Waals surface area contributed by atoms with E-state index < -0.39 is 5.60 Å². The zero-order valence-electron chi connectivity index (χ0n) is 8.08. The van der Waals surface area contributed by atoms with Gasteiger partial charge in [0.05, 0.1) is 5.92 Å². The fraction of sp³-hybridized carbons (Fsp3) is 0.600. The molecule has 2 unspecified atom stereocenters. The Morgan fingerprint density at radius 1 is 1.64 bits per heavy atom. The van der Waals surface area contributed by atoms with Crippen LogP contribution in [0.3, 0.4) is 0 Å². The van der Waals surface area contributed by atoms with Crippen molar-refractivity contribution in [1.29, 1.82) is 0 Å². The lowest BCUT2D eigenvalue weighted by molar-refractivity contribution is -0.140. The Kier molecular flexibility index (Phi) is 2.15. The standard InChI is InChI=1S/C10H13NO3/c1-2-14-10-6-4-3-5-7(10)8(12)11-9(10)13/h4,6-7H,2-3,5H2,1H3,(H,11,12,13). The molecule has 2 atom stereocenters. The maximum atomic E-state index is 11.6. The Labute approximate surface area is 82.3 Å². The third-order valence-corrected chi connectivity index (χ3v) is 2.80. The van der Waals surface area contributed by atoms with Crippen LogP contribution >= 0.6 is 0 Å². The minimum absolute atomic E-state index is 0.201. The van der Waals surface area contributed by atoms with Crippen LogP contribution in [0.1, 0.15) is 19.8 Å². The maximum Gasteiger partial charge on any atom is 0.263 e. The summed E-state index contributed by atoms with van der Waals surface area (Å²) in [5, 5.41) is 2.33. The molecule has 1 aliphatic carbocycles. The molecule has 2 rings (SSSR count). The molecule has 0 bridgehead atoms. The fourth-order valence-corrected chi connectivity index (χ4v) is 2.16. The van der Waals surface area contributed by atoms with Crippen LogP contribution in [-0.4, -0.2) is 24.0 Å². The van der Waals surface area contributed by atoms with Crippen molar-refractivity contribution in [1.82, 2.24) is 5.32 Å². The molecule has 0 aromatic heterocycles. The smallest absolute Gasteiger partial charge is 0.263 e. The molecule has 0 aromatic carbocycles. The van der Waals surface area contributed by atoms with Crippen LogP contribution < -0.4 is 5.32 Å². The first-order chi connectivity index (χ1) is 6.70. The minimum atomic E-state index is -1.01. The first-order valence-electron chi connectivity index (χ1n) is 4.87. The Balaban J connectivity index is 2.39. The van der Waals surface area contributed by atoms with Gasteiger partial charge in [-0.15, -0.1) is 0 Å². The Morgan fingerprint density at radius 2 is 2.43 bits per heavy atom. The summed E-state index contributed by atoms with van der Waals surface area (Å²) in [7, 11) is 0.